The summed E-state index contributed by atoms with van der Waals surface area (Å²) in [4.78, 5) is 0. The molecule has 0 aromatic rings. The second-order valence-corrected chi connectivity index (χ2v) is 19.2. The van der Waals surface area contributed by atoms with Crippen LogP contribution in [0.1, 0.15) is 72.6 Å². The van der Waals surface area contributed by atoms with E-state index in [2.05, 4.69) is 34.3 Å². The third-order valence-electron chi connectivity index (χ3n) is 4.05. The zero-order chi connectivity index (χ0) is 13.1. The molecule has 0 fully saturated rings. The van der Waals surface area contributed by atoms with Crippen molar-refractivity contribution in [2.24, 2.45) is 0 Å². The standard InChI is InChI=1S/C5H9.2C4H9.C3H7.Sn/c1-3-5-4-2;2*1-3-4-2;1-3-2;/h1,4-5H2,2H3;2*1,3-4H2,2H3;1,3H2,2H3;. The molecule has 17 heavy (non-hydrogen) atoms. The van der Waals surface area contributed by atoms with Crippen LogP contribution in [0, 0.1) is 0 Å². The van der Waals surface area contributed by atoms with E-state index in [1.807, 2.05) is 0 Å². The first kappa shape index (κ1) is 17.5. The first-order valence-electron chi connectivity index (χ1n) is 7.85. The van der Waals surface area contributed by atoms with Gasteiger partial charge in [-0.15, -0.1) is 0 Å². The van der Waals surface area contributed by atoms with E-state index in [4.69, 9.17) is 0 Å². The molecule has 0 unspecified atom stereocenters. The molecule has 102 valence electrons. The zero-order valence-corrected chi connectivity index (χ0v) is 15.6. The minimum absolute atomic E-state index is 1.31. The molecule has 0 N–H and O–H groups in total. The van der Waals surface area contributed by atoms with Crippen LogP contribution in [-0.2, 0) is 0 Å². The van der Waals surface area contributed by atoms with E-state index in [9.17, 15) is 0 Å². The Bertz CT molecular complexity index is 188. The van der Waals surface area contributed by atoms with Crippen molar-refractivity contribution in [1.29, 1.82) is 0 Å². The molecular weight excluding hydrogens is 311 g/mol. The Balaban J connectivity index is 4.72. The molecule has 0 aliphatic carbocycles. The molecule has 0 bridgehead atoms. The summed E-state index contributed by atoms with van der Waals surface area (Å²) in [6, 6.07) is 0. The van der Waals surface area contributed by atoms with Crippen molar-refractivity contribution in [2.75, 3.05) is 0 Å². The molecule has 0 aliphatic heterocycles. The first-order chi connectivity index (χ1) is 8.16. The molecule has 0 atom stereocenters. The van der Waals surface area contributed by atoms with Crippen molar-refractivity contribution in [3.8, 4) is 0 Å². The monoisotopic (exact) mass is 346 g/mol. The second kappa shape index (κ2) is 10.5. The molecule has 0 rings (SSSR count). The summed E-state index contributed by atoms with van der Waals surface area (Å²) in [5, 5.41) is 0. The molecule has 0 aromatic heterocycles. The van der Waals surface area contributed by atoms with Gasteiger partial charge in [0, 0.05) is 0 Å². The van der Waals surface area contributed by atoms with E-state index in [0.29, 0.717) is 0 Å². The van der Waals surface area contributed by atoms with Crippen molar-refractivity contribution >= 4 is 18.4 Å². The summed E-state index contributed by atoms with van der Waals surface area (Å²) < 4.78 is 6.48. The van der Waals surface area contributed by atoms with Crippen molar-refractivity contribution in [2.45, 2.75) is 86.0 Å². The molecule has 0 spiro atoms. The summed E-state index contributed by atoms with van der Waals surface area (Å²) in [7, 11) is 0. The first-order valence-corrected chi connectivity index (χ1v) is 15.3. The van der Waals surface area contributed by atoms with Gasteiger partial charge in [0.1, 0.15) is 0 Å². The van der Waals surface area contributed by atoms with E-state index in [1.54, 1.807) is 16.9 Å². The predicted molar refractivity (Wildman–Crippen MR) is 84.3 cm³/mol. The molecule has 0 aliphatic rings. The number of hydrogen-bond acceptors (Lipinski definition) is 0. The van der Waals surface area contributed by atoms with Crippen LogP contribution < -0.4 is 0 Å². The van der Waals surface area contributed by atoms with Crippen molar-refractivity contribution in [3.63, 3.8) is 0 Å². The summed E-state index contributed by atoms with van der Waals surface area (Å²) in [6.07, 6.45) is 9.68. The van der Waals surface area contributed by atoms with Gasteiger partial charge in [0.15, 0.2) is 0 Å². The maximum absolute atomic E-state index is 4.53. The average Bonchev–Trinajstić information content (AvgIpc) is 2.33. The quantitative estimate of drug-likeness (QED) is 0.383. The zero-order valence-electron chi connectivity index (χ0n) is 12.8. The normalized spacial score (nSPS) is 11.8. The van der Waals surface area contributed by atoms with Crippen LogP contribution in [0.15, 0.2) is 10.2 Å². The fourth-order valence-corrected chi connectivity index (χ4v) is 19.0. The van der Waals surface area contributed by atoms with Gasteiger partial charge in [0.05, 0.1) is 0 Å². The number of hydrogen-bond donors (Lipinski definition) is 0. The summed E-state index contributed by atoms with van der Waals surface area (Å²) in [5.74, 6) is 0. The van der Waals surface area contributed by atoms with E-state index in [0.717, 1.165) is 0 Å². The Hall–Kier alpha value is 0.539. The van der Waals surface area contributed by atoms with Gasteiger partial charge >= 0.3 is 114 Å². The fourth-order valence-electron chi connectivity index (χ4n) is 2.98. The summed E-state index contributed by atoms with van der Waals surface area (Å²) in [6.45, 7) is 13.9. The molecule has 0 amide bonds. The number of allylic oxidation sites excluding steroid dienone is 1. The van der Waals surface area contributed by atoms with Crippen LogP contribution in [0.25, 0.3) is 0 Å². The van der Waals surface area contributed by atoms with Gasteiger partial charge in [0.2, 0.25) is 0 Å². The molecular formula is C16H34Sn. The third kappa shape index (κ3) is 6.31. The minimum atomic E-state index is -1.99. The Morgan fingerprint density at radius 2 is 1.29 bits per heavy atom. The van der Waals surface area contributed by atoms with Gasteiger partial charge in [-0.3, -0.25) is 0 Å². The molecule has 0 nitrogen and oxygen atoms in total. The van der Waals surface area contributed by atoms with Crippen molar-refractivity contribution in [1.82, 2.24) is 0 Å². The van der Waals surface area contributed by atoms with Crippen LogP contribution in [0.3, 0.4) is 0 Å². The van der Waals surface area contributed by atoms with Gasteiger partial charge in [-0.2, -0.15) is 0 Å². The fraction of sp³-hybridized carbons (Fsp3) is 0.875. The van der Waals surface area contributed by atoms with Gasteiger partial charge in [-0.05, 0) is 0 Å². The van der Waals surface area contributed by atoms with Gasteiger partial charge < -0.3 is 0 Å². The van der Waals surface area contributed by atoms with E-state index in [1.165, 1.54) is 44.9 Å². The molecule has 0 saturated heterocycles. The molecule has 0 saturated carbocycles. The molecule has 0 radical (unpaired) electrons. The third-order valence-corrected chi connectivity index (χ3v) is 20.7. The van der Waals surface area contributed by atoms with Crippen molar-refractivity contribution < 1.29 is 0 Å². The van der Waals surface area contributed by atoms with Gasteiger partial charge in [-0.1, -0.05) is 0 Å². The topological polar surface area (TPSA) is 0 Å². The van der Waals surface area contributed by atoms with Crippen LogP contribution in [-0.4, -0.2) is 18.4 Å². The van der Waals surface area contributed by atoms with Crippen LogP contribution in [0.5, 0.6) is 0 Å². The van der Waals surface area contributed by atoms with Crippen molar-refractivity contribution in [3.05, 3.63) is 10.2 Å². The maximum atomic E-state index is 4.53. The van der Waals surface area contributed by atoms with Gasteiger partial charge in [0.25, 0.3) is 0 Å². The molecule has 1 heteroatoms. The van der Waals surface area contributed by atoms with Crippen LogP contribution >= 0.6 is 0 Å². The predicted octanol–water partition coefficient (Wildman–Crippen LogP) is 6.34. The number of rotatable bonds is 11. The SMILES string of the molecule is C=[C](CCC)[Sn]([CH2]CC)([CH2]CCC)[CH2]CCC. The second-order valence-electron chi connectivity index (χ2n) is 5.59. The van der Waals surface area contributed by atoms with Crippen LogP contribution in [0.2, 0.25) is 13.3 Å². The Morgan fingerprint density at radius 3 is 1.65 bits per heavy atom. The van der Waals surface area contributed by atoms with Gasteiger partial charge in [-0.25, -0.2) is 0 Å². The van der Waals surface area contributed by atoms with E-state index in [-0.39, 0.29) is 0 Å². The Kier molecular flexibility index (Phi) is 10.8. The summed E-state index contributed by atoms with van der Waals surface area (Å²) >= 11 is -1.99. The Morgan fingerprint density at radius 1 is 0.765 bits per heavy atom. The Labute approximate surface area is 114 Å². The molecule has 0 heterocycles. The van der Waals surface area contributed by atoms with E-state index >= 15 is 0 Å². The molecule has 0 aromatic carbocycles. The summed E-state index contributed by atoms with van der Waals surface area (Å²) in [5.41, 5.74) is 0. The van der Waals surface area contributed by atoms with Crippen LogP contribution in [0.4, 0.5) is 0 Å². The number of unbranched alkanes of at least 4 members (excludes halogenated alkanes) is 2. The van der Waals surface area contributed by atoms with E-state index < -0.39 is 18.4 Å². The average molecular weight is 345 g/mol.